The summed E-state index contributed by atoms with van der Waals surface area (Å²) in [5.41, 5.74) is 0.714. The average Bonchev–Trinajstić information content (AvgIpc) is 2.09. The van der Waals surface area contributed by atoms with Crippen LogP contribution in [-0.4, -0.2) is 12.5 Å². The Morgan fingerprint density at radius 1 is 1.33 bits per heavy atom. The molecule has 1 aromatic rings. The molecule has 0 N–H and O–H groups in total. The minimum Gasteiger partial charge on any atom is -0.472 e. The summed E-state index contributed by atoms with van der Waals surface area (Å²) in [7, 11) is 1.46. The molecule has 0 aliphatic rings. The van der Waals surface area contributed by atoms with Gasteiger partial charge in [-0.15, -0.1) is 0 Å². The van der Waals surface area contributed by atoms with Gasteiger partial charge < -0.3 is 4.74 Å². The number of benzene rings is 1. The molecule has 0 bridgehead atoms. The summed E-state index contributed by atoms with van der Waals surface area (Å²) in [6.07, 6.45) is 0. The molecular formula is C8H7Cl2NO. The first kappa shape index (κ1) is 9.36. The maximum absolute atomic E-state index is 5.67. The maximum atomic E-state index is 5.67. The van der Waals surface area contributed by atoms with Crippen molar-refractivity contribution in [1.29, 1.82) is 0 Å². The Balaban J connectivity index is 2.84. The molecule has 1 rings (SSSR count). The SMILES string of the molecule is CO/C(Cl)=N\c1ccc(Cl)cc1. The molecule has 0 spiro atoms. The fourth-order valence-corrected chi connectivity index (χ4v) is 0.886. The summed E-state index contributed by atoms with van der Waals surface area (Å²) >= 11 is 11.2. The fourth-order valence-electron chi connectivity index (χ4n) is 0.663. The fraction of sp³-hybridized carbons (Fsp3) is 0.125. The third-order valence-electron chi connectivity index (χ3n) is 1.21. The average molecular weight is 204 g/mol. The zero-order chi connectivity index (χ0) is 8.97. The number of hydrogen-bond donors (Lipinski definition) is 0. The van der Waals surface area contributed by atoms with Gasteiger partial charge in [0.2, 0.25) is 0 Å². The second-order valence-corrected chi connectivity index (χ2v) is 2.81. The van der Waals surface area contributed by atoms with E-state index in [9.17, 15) is 0 Å². The Morgan fingerprint density at radius 2 is 1.92 bits per heavy atom. The largest absolute Gasteiger partial charge is 0.472 e. The van der Waals surface area contributed by atoms with Crippen LogP contribution in [0.1, 0.15) is 0 Å². The number of halogens is 2. The van der Waals surface area contributed by atoms with Crippen LogP contribution < -0.4 is 0 Å². The third kappa shape index (κ3) is 2.72. The van der Waals surface area contributed by atoms with E-state index in [4.69, 9.17) is 23.2 Å². The van der Waals surface area contributed by atoms with Gasteiger partial charge in [-0.2, -0.15) is 0 Å². The van der Waals surface area contributed by atoms with Crippen molar-refractivity contribution in [1.82, 2.24) is 0 Å². The van der Waals surface area contributed by atoms with E-state index in [0.29, 0.717) is 10.7 Å². The summed E-state index contributed by atoms with van der Waals surface area (Å²) < 4.78 is 4.67. The molecule has 0 radical (unpaired) electrons. The lowest BCUT2D eigenvalue weighted by Gasteiger charge is -1.95. The Bertz CT molecular complexity index is 282. The maximum Gasteiger partial charge on any atom is 0.287 e. The van der Waals surface area contributed by atoms with E-state index >= 15 is 0 Å². The Morgan fingerprint density at radius 3 is 2.42 bits per heavy atom. The van der Waals surface area contributed by atoms with E-state index in [2.05, 4.69) is 9.73 Å². The van der Waals surface area contributed by atoms with Gasteiger partial charge in [0.15, 0.2) is 0 Å². The van der Waals surface area contributed by atoms with Gasteiger partial charge in [0, 0.05) is 5.02 Å². The number of methoxy groups -OCH3 is 1. The monoisotopic (exact) mass is 203 g/mol. The van der Waals surface area contributed by atoms with Gasteiger partial charge in [0.25, 0.3) is 5.36 Å². The van der Waals surface area contributed by atoms with E-state index in [1.165, 1.54) is 7.11 Å². The molecule has 0 saturated carbocycles. The van der Waals surface area contributed by atoms with Crippen LogP contribution in [0.15, 0.2) is 29.3 Å². The van der Waals surface area contributed by atoms with Gasteiger partial charge in [-0.25, -0.2) is 4.99 Å². The molecule has 0 aliphatic heterocycles. The highest BCUT2D eigenvalue weighted by Gasteiger charge is 1.92. The van der Waals surface area contributed by atoms with Crippen LogP contribution in [0.4, 0.5) is 5.69 Å². The summed E-state index contributed by atoms with van der Waals surface area (Å²) in [4.78, 5) is 3.92. The summed E-state index contributed by atoms with van der Waals surface area (Å²) in [5.74, 6) is 0. The van der Waals surface area contributed by atoms with Crippen molar-refractivity contribution in [3.8, 4) is 0 Å². The van der Waals surface area contributed by atoms with Crippen LogP contribution >= 0.6 is 23.2 Å². The topological polar surface area (TPSA) is 21.6 Å². The third-order valence-corrected chi connectivity index (χ3v) is 1.70. The van der Waals surface area contributed by atoms with Gasteiger partial charge in [-0.1, -0.05) is 11.6 Å². The molecule has 0 amide bonds. The quantitative estimate of drug-likeness (QED) is 0.508. The molecule has 4 heteroatoms. The molecule has 12 heavy (non-hydrogen) atoms. The van der Waals surface area contributed by atoms with Crippen LogP contribution in [0.25, 0.3) is 0 Å². The first-order valence-corrected chi connectivity index (χ1v) is 4.01. The lowest BCUT2D eigenvalue weighted by atomic mass is 10.3. The van der Waals surface area contributed by atoms with Crippen molar-refractivity contribution in [2.45, 2.75) is 0 Å². The lowest BCUT2D eigenvalue weighted by molar-refractivity contribution is 0.415. The molecule has 64 valence electrons. The normalized spacial score (nSPS) is 11.4. The molecule has 0 heterocycles. The second-order valence-electron chi connectivity index (χ2n) is 2.05. The van der Waals surface area contributed by atoms with Crippen molar-refractivity contribution < 1.29 is 4.74 Å². The van der Waals surface area contributed by atoms with Crippen molar-refractivity contribution in [3.63, 3.8) is 0 Å². The molecule has 0 aromatic heterocycles. The van der Waals surface area contributed by atoms with Gasteiger partial charge >= 0.3 is 0 Å². The summed E-state index contributed by atoms with van der Waals surface area (Å²) in [6, 6.07) is 6.98. The van der Waals surface area contributed by atoms with Crippen LogP contribution in [0.3, 0.4) is 0 Å². The van der Waals surface area contributed by atoms with Crippen LogP contribution in [-0.2, 0) is 4.74 Å². The smallest absolute Gasteiger partial charge is 0.287 e. The van der Waals surface area contributed by atoms with Gasteiger partial charge in [-0.3, -0.25) is 0 Å². The highest BCUT2D eigenvalue weighted by atomic mass is 35.5. The minimum absolute atomic E-state index is 0.109. The first-order chi connectivity index (χ1) is 5.72. The highest BCUT2D eigenvalue weighted by Crippen LogP contribution is 2.16. The first-order valence-electron chi connectivity index (χ1n) is 3.26. The predicted molar refractivity (Wildman–Crippen MR) is 51.4 cm³/mol. The Labute approximate surface area is 80.8 Å². The number of rotatable bonds is 1. The molecule has 0 fully saturated rings. The Hall–Kier alpha value is -0.730. The summed E-state index contributed by atoms with van der Waals surface area (Å²) in [5, 5.41) is 0.778. The molecule has 0 atom stereocenters. The van der Waals surface area contributed by atoms with Gasteiger partial charge in [0.05, 0.1) is 12.8 Å². The number of aliphatic imine (C=N–C) groups is 1. The predicted octanol–water partition coefficient (Wildman–Crippen LogP) is 3.21. The van der Waals surface area contributed by atoms with E-state index in [1.807, 2.05) is 0 Å². The standard InChI is InChI=1S/C8H7Cl2NO/c1-12-8(10)11-7-4-2-6(9)3-5-7/h2-5H,1H3/b11-8-. The Kier molecular flexibility index (Phi) is 3.38. The van der Waals surface area contributed by atoms with Gasteiger partial charge in [-0.05, 0) is 35.9 Å². The number of hydrogen-bond acceptors (Lipinski definition) is 2. The van der Waals surface area contributed by atoms with Gasteiger partial charge in [0.1, 0.15) is 0 Å². The zero-order valence-electron chi connectivity index (χ0n) is 6.42. The van der Waals surface area contributed by atoms with Crippen molar-refractivity contribution >= 4 is 34.2 Å². The van der Waals surface area contributed by atoms with Crippen molar-refractivity contribution in [2.24, 2.45) is 4.99 Å². The molecular weight excluding hydrogens is 197 g/mol. The van der Waals surface area contributed by atoms with Crippen LogP contribution in [0.2, 0.25) is 5.02 Å². The molecule has 2 nitrogen and oxygen atoms in total. The number of nitrogens with zero attached hydrogens (tertiary/aromatic N) is 1. The second kappa shape index (κ2) is 4.33. The molecule has 1 aromatic carbocycles. The van der Waals surface area contributed by atoms with Crippen LogP contribution in [0, 0.1) is 0 Å². The van der Waals surface area contributed by atoms with E-state index in [0.717, 1.165) is 0 Å². The minimum atomic E-state index is 0.109. The highest BCUT2D eigenvalue weighted by molar-refractivity contribution is 6.63. The van der Waals surface area contributed by atoms with Crippen molar-refractivity contribution in [3.05, 3.63) is 29.3 Å². The van der Waals surface area contributed by atoms with E-state index < -0.39 is 0 Å². The number of ether oxygens (including phenoxy) is 1. The summed E-state index contributed by atoms with van der Waals surface area (Å²) in [6.45, 7) is 0. The van der Waals surface area contributed by atoms with E-state index in [1.54, 1.807) is 24.3 Å². The molecule has 0 saturated heterocycles. The lowest BCUT2D eigenvalue weighted by Crippen LogP contribution is -1.87. The molecule has 0 aliphatic carbocycles. The van der Waals surface area contributed by atoms with Crippen molar-refractivity contribution in [2.75, 3.05) is 7.11 Å². The van der Waals surface area contributed by atoms with Crippen LogP contribution in [0.5, 0.6) is 0 Å². The van der Waals surface area contributed by atoms with E-state index in [-0.39, 0.29) is 5.36 Å². The molecule has 0 unspecified atom stereocenters. The zero-order valence-corrected chi connectivity index (χ0v) is 7.93.